The summed E-state index contributed by atoms with van der Waals surface area (Å²) in [5.41, 5.74) is 2.26. The SMILES string of the molecule is Cc1nc(Cc2ccc(-c3ccco3)cc2)n[nH]1. The number of rotatable bonds is 3. The Morgan fingerprint density at radius 3 is 2.61 bits per heavy atom. The number of furan rings is 1. The van der Waals surface area contributed by atoms with E-state index < -0.39 is 0 Å². The largest absolute Gasteiger partial charge is 0.464 e. The molecule has 0 aliphatic rings. The zero-order valence-electron chi connectivity index (χ0n) is 10.1. The number of nitrogens with zero attached hydrogens (tertiary/aromatic N) is 2. The first kappa shape index (κ1) is 10.8. The van der Waals surface area contributed by atoms with Gasteiger partial charge in [-0.25, -0.2) is 4.98 Å². The third-order valence-electron chi connectivity index (χ3n) is 2.77. The Bertz CT molecular complexity index is 623. The fraction of sp³-hybridized carbons (Fsp3) is 0.143. The molecule has 0 saturated heterocycles. The lowest BCUT2D eigenvalue weighted by Crippen LogP contribution is -1.90. The van der Waals surface area contributed by atoms with Crippen molar-refractivity contribution in [2.24, 2.45) is 0 Å². The van der Waals surface area contributed by atoms with Gasteiger partial charge in [0.25, 0.3) is 0 Å². The quantitative estimate of drug-likeness (QED) is 0.764. The molecule has 0 saturated carbocycles. The van der Waals surface area contributed by atoms with Gasteiger partial charge in [0.05, 0.1) is 6.26 Å². The van der Waals surface area contributed by atoms with Crippen LogP contribution >= 0.6 is 0 Å². The first-order chi connectivity index (χ1) is 8.81. The Kier molecular flexibility index (Phi) is 2.68. The van der Waals surface area contributed by atoms with Crippen LogP contribution in [-0.2, 0) is 6.42 Å². The molecule has 0 aliphatic heterocycles. The van der Waals surface area contributed by atoms with Crippen molar-refractivity contribution < 1.29 is 4.42 Å². The second kappa shape index (κ2) is 4.49. The Hall–Kier alpha value is -2.36. The van der Waals surface area contributed by atoms with Gasteiger partial charge in [0.15, 0.2) is 5.82 Å². The van der Waals surface area contributed by atoms with E-state index in [2.05, 4.69) is 27.3 Å². The molecule has 0 atom stereocenters. The molecule has 2 heterocycles. The standard InChI is InChI=1S/C14H13N3O/c1-10-15-14(17-16-10)9-11-4-6-12(7-5-11)13-3-2-8-18-13/h2-8H,9H2,1H3,(H,15,16,17). The first-order valence-corrected chi connectivity index (χ1v) is 5.82. The van der Waals surface area contributed by atoms with Gasteiger partial charge in [0.2, 0.25) is 0 Å². The van der Waals surface area contributed by atoms with Crippen LogP contribution in [0.15, 0.2) is 47.1 Å². The van der Waals surface area contributed by atoms with Gasteiger partial charge in [0.1, 0.15) is 11.6 Å². The Morgan fingerprint density at radius 1 is 1.17 bits per heavy atom. The minimum Gasteiger partial charge on any atom is -0.464 e. The van der Waals surface area contributed by atoms with Crippen LogP contribution in [0, 0.1) is 6.92 Å². The van der Waals surface area contributed by atoms with Crippen molar-refractivity contribution in [2.75, 3.05) is 0 Å². The smallest absolute Gasteiger partial charge is 0.155 e. The van der Waals surface area contributed by atoms with E-state index in [4.69, 9.17) is 4.42 Å². The molecule has 3 rings (SSSR count). The highest BCUT2D eigenvalue weighted by Crippen LogP contribution is 2.20. The molecule has 1 aromatic carbocycles. The number of H-pyrrole nitrogens is 1. The molecule has 3 aromatic rings. The highest BCUT2D eigenvalue weighted by atomic mass is 16.3. The highest BCUT2D eigenvalue weighted by molar-refractivity contribution is 5.57. The van der Waals surface area contributed by atoms with Crippen molar-refractivity contribution >= 4 is 0 Å². The van der Waals surface area contributed by atoms with Crippen LogP contribution < -0.4 is 0 Å². The van der Waals surface area contributed by atoms with Crippen molar-refractivity contribution in [3.63, 3.8) is 0 Å². The molecule has 1 N–H and O–H groups in total. The third kappa shape index (κ3) is 2.18. The summed E-state index contributed by atoms with van der Waals surface area (Å²) in [5.74, 6) is 2.55. The maximum absolute atomic E-state index is 5.35. The Morgan fingerprint density at radius 2 is 2.00 bits per heavy atom. The van der Waals surface area contributed by atoms with Gasteiger partial charge >= 0.3 is 0 Å². The molecule has 18 heavy (non-hydrogen) atoms. The van der Waals surface area contributed by atoms with Crippen LogP contribution in [-0.4, -0.2) is 15.2 Å². The molecular formula is C14H13N3O. The van der Waals surface area contributed by atoms with E-state index in [1.807, 2.05) is 31.2 Å². The van der Waals surface area contributed by atoms with E-state index in [9.17, 15) is 0 Å². The number of benzene rings is 1. The second-order valence-electron chi connectivity index (χ2n) is 4.19. The summed E-state index contributed by atoms with van der Waals surface area (Å²) in [6.07, 6.45) is 2.42. The van der Waals surface area contributed by atoms with Crippen molar-refractivity contribution in [3.05, 3.63) is 59.9 Å². The summed E-state index contributed by atoms with van der Waals surface area (Å²) in [4.78, 5) is 4.29. The minimum atomic E-state index is 0.739. The normalized spacial score (nSPS) is 10.7. The average Bonchev–Trinajstić information content (AvgIpc) is 3.02. The molecule has 0 aliphatic carbocycles. The third-order valence-corrected chi connectivity index (χ3v) is 2.77. The number of aromatic nitrogens is 3. The number of hydrogen-bond acceptors (Lipinski definition) is 3. The average molecular weight is 239 g/mol. The molecule has 0 amide bonds. The van der Waals surface area contributed by atoms with Crippen LogP contribution in [0.1, 0.15) is 17.2 Å². The Labute approximate surface area is 105 Å². The lowest BCUT2D eigenvalue weighted by atomic mass is 10.1. The number of aromatic amines is 1. The van der Waals surface area contributed by atoms with E-state index in [1.54, 1.807) is 6.26 Å². The van der Waals surface area contributed by atoms with E-state index in [0.717, 1.165) is 29.4 Å². The monoisotopic (exact) mass is 239 g/mol. The van der Waals surface area contributed by atoms with Gasteiger partial charge in [-0.1, -0.05) is 24.3 Å². The fourth-order valence-electron chi connectivity index (χ4n) is 1.88. The predicted molar refractivity (Wildman–Crippen MR) is 68.1 cm³/mol. The summed E-state index contributed by atoms with van der Waals surface area (Å²) >= 11 is 0. The molecule has 4 nitrogen and oxygen atoms in total. The first-order valence-electron chi connectivity index (χ1n) is 5.82. The molecule has 4 heteroatoms. The number of nitrogens with one attached hydrogen (secondary N) is 1. The number of hydrogen-bond donors (Lipinski definition) is 1. The van der Waals surface area contributed by atoms with Gasteiger partial charge in [-0.2, -0.15) is 5.10 Å². The molecule has 90 valence electrons. The van der Waals surface area contributed by atoms with Gasteiger partial charge in [-0.3, -0.25) is 5.10 Å². The van der Waals surface area contributed by atoms with Crippen LogP contribution in [0.4, 0.5) is 0 Å². The topological polar surface area (TPSA) is 54.7 Å². The molecule has 0 spiro atoms. The van der Waals surface area contributed by atoms with Crippen LogP contribution in [0.3, 0.4) is 0 Å². The van der Waals surface area contributed by atoms with Crippen LogP contribution in [0.2, 0.25) is 0 Å². The number of aryl methyl sites for hydroxylation is 1. The molecular weight excluding hydrogens is 226 g/mol. The van der Waals surface area contributed by atoms with Crippen molar-refractivity contribution in [1.82, 2.24) is 15.2 Å². The van der Waals surface area contributed by atoms with Gasteiger partial charge in [-0.05, 0) is 24.6 Å². The lowest BCUT2D eigenvalue weighted by Gasteiger charge is -2.00. The molecule has 0 unspecified atom stereocenters. The zero-order chi connectivity index (χ0) is 12.4. The zero-order valence-corrected chi connectivity index (χ0v) is 10.1. The molecule has 0 radical (unpaired) electrons. The lowest BCUT2D eigenvalue weighted by molar-refractivity contribution is 0.582. The van der Waals surface area contributed by atoms with Gasteiger partial charge in [0, 0.05) is 12.0 Å². The highest BCUT2D eigenvalue weighted by Gasteiger charge is 2.03. The molecule has 2 aromatic heterocycles. The summed E-state index contributed by atoms with van der Waals surface area (Å²) < 4.78 is 5.35. The molecule has 0 bridgehead atoms. The van der Waals surface area contributed by atoms with E-state index >= 15 is 0 Å². The van der Waals surface area contributed by atoms with E-state index in [1.165, 1.54) is 5.56 Å². The second-order valence-corrected chi connectivity index (χ2v) is 4.19. The Balaban J connectivity index is 1.79. The van der Waals surface area contributed by atoms with Crippen LogP contribution in [0.25, 0.3) is 11.3 Å². The summed E-state index contributed by atoms with van der Waals surface area (Å²) in [5, 5.41) is 6.98. The minimum absolute atomic E-state index is 0.739. The predicted octanol–water partition coefficient (Wildman–Crippen LogP) is 2.96. The van der Waals surface area contributed by atoms with Gasteiger partial charge in [-0.15, -0.1) is 0 Å². The van der Waals surface area contributed by atoms with Crippen molar-refractivity contribution in [1.29, 1.82) is 0 Å². The van der Waals surface area contributed by atoms with Crippen molar-refractivity contribution in [2.45, 2.75) is 13.3 Å². The maximum Gasteiger partial charge on any atom is 0.155 e. The summed E-state index contributed by atoms with van der Waals surface area (Å²) in [7, 11) is 0. The van der Waals surface area contributed by atoms with Crippen LogP contribution in [0.5, 0.6) is 0 Å². The van der Waals surface area contributed by atoms with E-state index in [0.29, 0.717) is 0 Å². The summed E-state index contributed by atoms with van der Waals surface area (Å²) in [6.45, 7) is 1.90. The van der Waals surface area contributed by atoms with E-state index in [-0.39, 0.29) is 0 Å². The summed E-state index contributed by atoms with van der Waals surface area (Å²) in [6, 6.07) is 12.1. The molecule has 0 fully saturated rings. The van der Waals surface area contributed by atoms with Gasteiger partial charge < -0.3 is 4.42 Å². The maximum atomic E-state index is 5.35. The van der Waals surface area contributed by atoms with Crippen molar-refractivity contribution in [3.8, 4) is 11.3 Å². The fourth-order valence-corrected chi connectivity index (χ4v) is 1.88.